The first-order valence-corrected chi connectivity index (χ1v) is 2.40. The van der Waals surface area contributed by atoms with Crippen molar-refractivity contribution in [3.8, 4) is 0 Å². The van der Waals surface area contributed by atoms with E-state index >= 15 is 0 Å². The molecule has 0 bridgehead atoms. The van der Waals surface area contributed by atoms with Crippen LogP contribution in [-0.4, -0.2) is 33.7 Å². The molecule has 78 valence electrons. The van der Waals surface area contributed by atoms with E-state index in [4.69, 9.17) is 25.8 Å². The summed E-state index contributed by atoms with van der Waals surface area (Å²) in [6.45, 7) is 16.5. The van der Waals surface area contributed by atoms with Crippen LogP contribution in [0, 0.1) is 6.57 Å². The van der Waals surface area contributed by atoms with Gasteiger partial charge < -0.3 is 24.0 Å². The van der Waals surface area contributed by atoms with Crippen LogP contribution >= 0.6 is 0 Å². The second-order valence-corrected chi connectivity index (χ2v) is 0.474. The van der Waals surface area contributed by atoms with Gasteiger partial charge >= 0.3 is 0 Å². The first-order valence-electron chi connectivity index (χ1n) is 2.40. The maximum absolute atomic E-state index is 8.00. The van der Waals surface area contributed by atoms with E-state index in [-0.39, 0.29) is 17.1 Å². The summed E-state index contributed by atoms with van der Waals surface area (Å²) in [7, 11) is 0. The van der Waals surface area contributed by atoms with Crippen LogP contribution in [0.3, 0.4) is 0 Å². The molecule has 0 rings (SSSR count). The van der Waals surface area contributed by atoms with Crippen molar-refractivity contribution in [1.29, 1.82) is 0 Å². The van der Waals surface area contributed by atoms with Gasteiger partial charge in [-0.25, -0.2) is 6.57 Å². The summed E-state index contributed by atoms with van der Waals surface area (Å²) in [5.74, 6) is 0. The third kappa shape index (κ3) is 8370. The van der Waals surface area contributed by atoms with Gasteiger partial charge in [-0.2, -0.15) is 0 Å². The second kappa shape index (κ2) is 2110. The summed E-state index contributed by atoms with van der Waals surface area (Å²) in [4.78, 5) is 35.0. The average Bonchev–Trinajstić information content (AvgIpc) is 2.29. The zero-order valence-electron chi connectivity index (χ0n) is 7.47. The molecule has 0 saturated carbocycles. The fourth-order valence-corrected chi connectivity index (χ4v) is 0. The van der Waals surface area contributed by atoms with Gasteiger partial charge in [-0.1, -0.05) is 0 Å². The van der Waals surface area contributed by atoms with Crippen molar-refractivity contribution in [3.63, 3.8) is 0 Å². The van der Waals surface area contributed by atoms with Crippen LogP contribution < -0.4 is 0 Å². The van der Waals surface area contributed by atoms with Crippen molar-refractivity contribution < 1.29 is 36.2 Å². The number of rotatable bonds is 0. The van der Waals surface area contributed by atoms with Crippen LogP contribution in [0.25, 0.3) is 4.85 Å². The van der Waals surface area contributed by atoms with Crippen molar-refractivity contribution in [2.24, 2.45) is 0 Å². The summed E-state index contributed by atoms with van der Waals surface area (Å²) < 4.78 is 0. The Labute approximate surface area is 88.8 Å². The first kappa shape index (κ1) is 41.3. The third-order valence-electron chi connectivity index (χ3n) is 0.158. The molecule has 0 spiro atoms. The second-order valence-electron chi connectivity index (χ2n) is 0.474. The van der Waals surface area contributed by atoms with Gasteiger partial charge in [-0.3, -0.25) is 0 Å². The predicted molar refractivity (Wildman–Crippen MR) is 45.6 cm³/mol. The van der Waals surface area contributed by atoms with Crippen molar-refractivity contribution in [2.75, 3.05) is 6.54 Å². The molecule has 0 aliphatic heterocycles. The molecule has 0 N–H and O–H groups in total. The van der Waals surface area contributed by atoms with Gasteiger partial charge in [0.05, 0.1) is 0 Å². The van der Waals surface area contributed by atoms with Crippen molar-refractivity contribution in [1.82, 2.24) is 0 Å². The van der Waals surface area contributed by atoms with E-state index in [1.807, 2.05) is 34.1 Å². The Morgan fingerprint density at radius 2 is 1.00 bits per heavy atom. The van der Waals surface area contributed by atoms with Crippen LogP contribution in [0.5, 0.6) is 0 Å². The van der Waals surface area contributed by atoms with Gasteiger partial charge in [0, 0.05) is 24.0 Å². The molecule has 0 atom stereocenters. The van der Waals surface area contributed by atoms with E-state index in [1.165, 1.54) is 0 Å². The fraction of sp³-hybridized carbons (Fsp3) is 0.286. The molecule has 0 unspecified atom stereocenters. The summed E-state index contributed by atoms with van der Waals surface area (Å²) in [6.07, 6.45) is 0. The standard InChI is InChI=1S/C3H5N.4CH2O.Fe/c1-3-4-2;4*1-2;/h3H2,1H3;4*1H2;. The molecule has 0 amide bonds. The zero-order chi connectivity index (χ0) is 11.4. The van der Waals surface area contributed by atoms with E-state index in [9.17, 15) is 0 Å². The smallest absolute Gasteiger partial charge is 0.211 e. The molecule has 0 radical (unpaired) electrons. The quantitative estimate of drug-likeness (QED) is 0.440. The molecule has 5 nitrogen and oxygen atoms in total. The number of nitrogens with zero attached hydrogens (tertiary/aromatic N) is 1. The van der Waals surface area contributed by atoms with Crippen molar-refractivity contribution >= 4 is 27.2 Å². The Hall–Kier alpha value is -1.31. The molecule has 0 aromatic heterocycles. The van der Waals surface area contributed by atoms with Crippen LogP contribution in [0.2, 0.25) is 0 Å². The number of hydrogen-bond acceptors (Lipinski definition) is 4. The van der Waals surface area contributed by atoms with Crippen LogP contribution in [0.4, 0.5) is 0 Å². The molecule has 6 heteroatoms. The van der Waals surface area contributed by atoms with Gasteiger partial charge in [0.2, 0.25) is 6.54 Å². The molecule has 0 heterocycles. The van der Waals surface area contributed by atoms with E-state index in [0.29, 0.717) is 6.54 Å². The molecule has 0 aliphatic rings. The minimum absolute atomic E-state index is 0. The Bertz CT molecular complexity index is 79.1. The Morgan fingerprint density at radius 3 is 1.00 bits per heavy atom. The Kier molecular flexibility index (Phi) is 6700. The average molecular weight is 231 g/mol. The molecule has 0 aromatic carbocycles. The largest absolute Gasteiger partial charge is 0.317 e. The summed E-state index contributed by atoms with van der Waals surface area (Å²) in [5.41, 5.74) is 0. The van der Waals surface area contributed by atoms with E-state index in [2.05, 4.69) is 4.85 Å². The van der Waals surface area contributed by atoms with Crippen molar-refractivity contribution in [3.05, 3.63) is 11.4 Å². The Balaban J connectivity index is -0.0000000122. The van der Waals surface area contributed by atoms with Crippen LogP contribution in [0.1, 0.15) is 6.92 Å². The first-order chi connectivity index (χ1) is 5.91. The zero-order valence-corrected chi connectivity index (χ0v) is 8.57. The number of hydrogen-bond donors (Lipinski definition) is 0. The maximum atomic E-state index is 8.00. The summed E-state index contributed by atoms with van der Waals surface area (Å²) in [5, 5.41) is 0. The minimum Gasteiger partial charge on any atom is -0.317 e. The van der Waals surface area contributed by atoms with E-state index in [0.717, 1.165) is 0 Å². The third-order valence-corrected chi connectivity index (χ3v) is 0.158. The van der Waals surface area contributed by atoms with E-state index < -0.39 is 0 Å². The molecule has 13 heavy (non-hydrogen) atoms. The number of carbonyl (C=O) groups is 4. The molecule has 0 fully saturated rings. The molecular weight excluding hydrogens is 218 g/mol. The molecule has 0 saturated heterocycles. The van der Waals surface area contributed by atoms with Crippen LogP contribution in [0.15, 0.2) is 0 Å². The van der Waals surface area contributed by atoms with Crippen molar-refractivity contribution in [2.45, 2.75) is 6.92 Å². The summed E-state index contributed by atoms with van der Waals surface area (Å²) >= 11 is 0. The van der Waals surface area contributed by atoms with Gasteiger partial charge in [0.25, 0.3) is 0 Å². The normalized spacial score (nSPS) is 2.77. The van der Waals surface area contributed by atoms with Gasteiger partial charge in [0.1, 0.15) is 27.2 Å². The monoisotopic (exact) mass is 231 g/mol. The SMILES string of the molecule is C=O.C=O.C=O.C=O.[C-]#[N+]CC.[Fe]. The molecular formula is C7H13FeNO4. The molecule has 0 aromatic rings. The number of carbonyl (C=O) groups excluding carboxylic acids is 4. The fourth-order valence-electron chi connectivity index (χ4n) is 0. The molecule has 0 aliphatic carbocycles. The van der Waals surface area contributed by atoms with Crippen LogP contribution in [-0.2, 0) is 36.2 Å². The minimum atomic E-state index is 0. The van der Waals surface area contributed by atoms with E-state index in [1.54, 1.807) is 0 Å². The topological polar surface area (TPSA) is 72.6 Å². The van der Waals surface area contributed by atoms with Gasteiger partial charge in [-0.15, -0.1) is 0 Å². The van der Waals surface area contributed by atoms with Gasteiger partial charge in [0.15, 0.2) is 0 Å². The summed E-state index contributed by atoms with van der Waals surface area (Å²) in [6, 6.07) is 0. The maximum Gasteiger partial charge on any atom is 0.211 e. The van der Waals surface area contributed by atoms with Gasteiger partial charge in [-0.05, 0) is 0 Å². The Morgan fingerprint density at radius 1 is 0.923 bits per heavy atom. The predicted octanol–water partition coefficient (Wildman–Crippen LogP) is 0.183.